The zero-order valence-corrected chi connectivity index (χ0v) is 16.7. The van der Waals surface area contributed by atoms with E-state index in [1.54, 1.807) is 6.07 Å². The second-order valence-corrected chi connectivity index (χ2v) is 6.84. The summed E-state index contributed by atoms with van der Waals surface area (Å²) in [5, 5.41) is 17.8. The van der Waals surface area contributed by atoms with E-state index in [1.807, 2.05) is 24.3 Å². The Morgan fingerprint density at radius 1 is 0.964 bits per heavy atom. The number of carboxylic acid groups (broad SMARTS) is 1. The van der Waals surface area contributed by atoms with Crippen molar-refractivity contribution in [2.24, 2.45) is 0 Å². The van der Waals surface area contributed by atoms with Crippen molar-refractivity contribution in [1.29, 1.82) is 5.26 Å². The van der Waals surface area contributed by atoms with E-state index < -0.39 is 5.97 Å². The predicted octanol–water partition coefficient (Wildman–Crippen LogP) is 5.75. The average molecular weight is 377 g/mol. The number of anilines is 1. The lowest BCUT2D eigenvalue weighted by atomic mass is 10.0. The summed E-state index contributed by atoms with van der Waals surface area (Å²) in [7, 11) is 0. The van der Waals surface area contributed by atoms with Crippen LogP contribution in [0.1, 0.15) is 45.1 Å². The number of carbonyl (C=O) groups is 1. The molecular formula is C24H28N2O2. The zero-order valence-electron chi connectivity index (χ0n) is 16.7. The molecule has 0 aromatic heterocycles. The summed E-state index contributed by atoms with van der Waals surface area (Å²) in [6.45, 7) is 6.61. The zero-order chi connectivity index (χ0) is 20.4. The lowest BCUT2D eigenvalue weighted by Gasteiger charge is -2.25. The van der Waals surface area contributed by atoms with Crippen LogP contribution in [0.5, 0.6) is 0 Å². The molecule has 4 nitrogen and oxygen atoms in total. The number of nitrogens with zero attached hydrogens (tertiary/aromatic N) is 2. The van der Waals surface area contributed by atoms with E-state index in [0.717, 1.165) is 24.2 Å². The Labute approximate surface area is 167 Å². The monoisotopic (exact) mass is 376 g/mol. The summed E-state index contributed by atoms with van der Waals surface area (Å²) >= 11 is 0. The highest BCUT2D eigenvalue weighted by atomic mass is 16.4. The van der Waals surface area contributed by atoms with Gasteiger partial charge in [-0.3, -0.25) is 0 Å². The summed E-state index contributed by atoms with van der Waals surface area (Å²) in [5.41, 5.74) is 3.86. The SMILES string of the molecule is CCCCN(CCCC)c1ccc(-c2ccc(/C=C(/C#N)C(=O)O)cc2)cc1. The molecule has 4 heteroatoms. The second kappa shape index (κ2) is 10.9. The number of aliphatic carboxylic acids is 1. The van der Waals surface area contributed by atoms with Crippen molar-refractivity contribution in [3.63, 3.8) is 0 Å². The molecule has 0 aliphatic heterocycles. The second-order valence-electron chi connectivity index (χ2n) is 6.84. The van der Waals surface area contributed by atoms with Crippen molar-refractivity contribution < 1.29 is 9.90 Å². The number of nitriles is 1. The summed E-state index contributed by atoms with van der Waals surface area (Å²) in [6.07, 6.45) is 6.16. The Morgan fingerprint density at radius 2 is 1.46 bits per heavy atom. The van der Waals surface area contributed by atoms with Gasteiger partial charge in [-0.25, -0.2) is 4.79 Å². The van der Waals surface area contributed by atoms with E-state index >= 15 is 0 Å². The van der Waals surface area contributed by atoms with E-state index in [-0.39, 0.29) is 5.57 Å². The van der Waals surface area contributed by atoms with Gasteiger partial charge in [-0.2, -0.15) is 5.26 Å². The normalized spacial score (nSPS) is 11.1. The van der Waals surface area contributed by atoms with Gasteiger partial charge in [0.15, 0.2) is 0 Å². The third-order valence-electron chi connectivity index (χ3n) is 4.70. The van der Waals surface area contributed by atoms with Crippen molar-refractivity contribution in [3.05, 3.63) is 59.7 Å². The van der Waals surface area contributed by atoms with E-state index in [9.17, 15) is 4.79 Å². The molecular weight excluding hydrogens is 348 g/mol. The summed E-state index contributed by atoms with van der Waals surface area (Å²) in [6, 6.07) is 17.9. The van der Waals surface area contributed by atoms with Gasteiger partial charge in [0.05, 0.1) is 0 Å². The lowest BCUT2D eigenvalue weighted by Crippen LogP contribution is -2.25. The first-order valence-corrected chi connectivity index (χ1v) is 9.89. The third-order valence-corrected chi connectivity index (χ3v) is 4.70. The van der Waals surface area contributed by atoms with Gasteiger partial charge in [-0.05, 0) is 47.7 Å². The van der Waals surface area contributed by atoms with Gasteiger partial charge >= 0.3 is 5.97 Å². The fraction of sp³-hybridized carbons (Fsp3) is 0.333. The quantitative estimate of drug-likeness (QED) is 0.423. The minimum absolute atomic E-state index is 0.267. The van der Waals surface area contributed by atoms with Crippen molar-refractivity contribution in [3.8, 4) is 17.2 Å². The highest BCUT2D eigenvalue weighted by molar-refractivity contribution is 5.96. The number of hydrogen-bond acceptors (Lipinski definition) is 3. The van der Waals surface area contributed by atoms with E-state index in [4.69, 9.17) is 10.4 Å². The van der Waals surface area contributed by atoms with E-state index in [0.29, 0.717) is 5.56 Å². The number of unbranched alkanes of at least 4 members (excludes halogenated alkanes) is 2. The van der Waals surface area contributed by atoms with Gasteiger partial charge in [0.25, 0.3) is 0 Å². The molecule has 146 valence electrons. The van der Waals surface area contributed by atoms with E-state index in [2.05, 4.69) is 43.0 Å². The van der Waals surface area contributed by atoms with Crippen LogP contribution in [0.15, 0.2) is 54.1 Å². The number of hydrogen-bond donors (Lipinski definition) is 1. The maximum absolute atomic E-state index is 10.9. The summed E-state index contributed by atoms with van der Waals surface area (Å²) in [4.78, 5) is 13.4. The third kappa shape index (κ3) is 5.99. The number of carboxylic acids is 1. The summed E-state index contributed by atoms with van der Waals surface area (Å²) < 4.78 is 0. The minimum atomic E-state index is -1.21. The van der Waals surface area contributed by atoms with E-state index in [1.165, 1.54) is 37.4 Å². The van der Waals surface area contributed by atoms with Gasteiger partial charge in [-0.15, -0.1) is 0 Å². The van der Waals surface area contributed by atoms with Crippen LogP contribution in [0.3, 0.4) is 0 Å². The van der Waals surface area contributed by atoms with Crippen molar-refractivity contribution in [1.82, 2.24) is 0 Å². The molecule has 0 spiro atoms. The largest absolute Gasteiger partial charge is 0.477 e. The standard InChI is InChI=1S/C24H28N2O2/c1-3-5-15-26(16-6-4-2)23-13-11-21(12-14-23)20-9-7-19(8-10-20)17-22(18-25)24(27)28/h7-14,17H,3-6,15-16H2,1-2H3,(H,27,28)/b22-17-. The first kappa shape index (κ1) is 21.2. The first-order chi connectivity index (χ1) is 13.6. The van der Waals surface area contributed by atoms with Gasteiger partial charge in [-0.1, -0.05) is 63.1 Å². The molecule has 28 heavy (non-hydrogen) atoms. The van der Waals surface area contributed by atoms with Gasteiger partial charge in [0.1, 0.15) is 11.6 Å². The highest BCUT2D eigenvalue weighted by Crippen LogP contribution is 2.24. The van der Waals surface area contributed by atoms with Crippen molar-refractivity contribution >= 4 is 17.7 Å². The Morgan fingerprint density at radius 3 is 1.89 bits per heavy atom. The van der Waals surface area contributed by atoms with Crippen molar-refractivity contribution in [2.45, 2.75) is 39.5 Å². The molecule has 0 saturated carbocycles. The Kier molecular flexibility index (Phi) is 8.30. The molecule has 0 unspecified atom stereocenters. The molecule has 0 aliphatic carbocycles. The van der Waals surface area contributed by atoms with Crippen molar-refractivity contribution in [2.75, 3.05) is 18.0 Å². The van der Waals surface area contributed by atoms with Gasteiger partial charge < -0.3 is 10.0 Å². The maximum atomic E-state index is 10.9. The lowest BCUT2D eigenvalue weighted by molar-refractivity contribution is -0.132. The molecule has 0 saturated heterocycles. The molecule has 2 aromatic carbocycles. The van der Waals surface area contributed by atoms with Gasteiger partial charge in [0.2, 0.25) is 0 Å². The molecule has 1 N–H and O–H groups in total. The minimum Gasteiger partial charge on any atom is -0.477 e. The Hall–Kier alpha value is -3.06. The molecule has 0 radical (unpaired) electrons. The van der Waals surface area contributed by atoms with Gasteiger partial charge in [0, 0.05) is 18.8 Å². The topological polar surface area (TPSA) is 64.3 Å². The van der Waals surface area contributed by atoms with Crippen LogP contribution in [0.4, 0.5) is 5.69 Å². The van der Waals surface area contributed by atoms with Crippen LogP contribution in [-0.4, -0.2) is 24.2 Å². The molecule has 0 amide bonds. The molecule has 2 rings (SSSR count). The summed E-state index contributed by atoms with van der Waals surface area (Å²) in [5.74, 6) is -1.21. The van der Waals surface area contributed by atoms with Crippen LogP contribution in [0, 0.1) is 11.3 Å². The predicted molar refractivity (Wildman–Crippen MR) is 115 cm³/mol. The highest BCUT2D eigenvalue weighted by Gasteiger charge is 2.07. The Balaban J connectivity index is 2.16. The molecule has 2 aromatic rings. The van der Waals surface area contributed by atoms with Crippen LogP contribution in [0.25, 0.3) is 17.2 Å². The first-order valence-electron chi connectivity index (χ1n) is 9.89. The van der Waals surface area contributed by atoms with Crippen LogP contribution in [0.2, 0.25) is 0 Å². The van der Waals surface area contributed by atoms with Crippen LogP contribution >= 0.6 is 0 Å². The van der Waals surface area contributed by atoms with Crippen LogP contribution in [-0.2, 0) is 4.79 Å². The maximum Gasteiger partial charge on any atom is 0.346 e. The fourth-order valence-corrected chi connectivity index (χ4v) is 3.01. The number of benzene rings is 2. The fourth-order valence-electron chi connectivity index (χ4n) is 3.01. The molecule has 0 heterocycles. The number of rotatable bonds is 10. The Bertz CT molecular complexity index is 822. The molecule has 0 atom stereocenters. The molecule has 0 bridgehead atoms. The molecule has 0 aliphatic rings. The average Bonchev–Trinajstić information content (AvgIpc) is 2.72. The smallest absolute Gasteiger partial charge is 0.346 e. The molecule has 0 fully saturated rings. The van der Waals surface area contributed by atoms with Crippen LogP contribution < -0.4 is 4.90 Å².